The third kappa shape index (κ3) is 3.67. The van der Waals surface area contributed by atoms with Gasteiger partial charge in [0.05, 0.1) is 4.91 Å². The smallest absolute Gasteiger partial charge is 0.266 e. The summed E-state index contributed by atoms with van der Waals surface area (Å²) in [6.07, 6.45) is 3.42. The average molecular weight is 340 g/mol. The zero-order chi connectivity index (χ0) is 15.4. The molecule has 1 amide bonds. The van der Waals surface area contributed by atoms with Crippen LogP contribution in [0.1, 0.15) is 12.5 Å². The molecular formula is C15H14ClNO2S2. The van der Waals surface area contributed by atoms with Crippen molar-refractivity contribution >= 4 is 51.9 Å². The number of carbonyl (C=O) groups excluding carboxylic acids is 1. The molecule has 1 fully saturated rings. The van der Waals surface area contributed by atoms with Crippen LogP contribution in [0, 0.1) is 0 Å². The van der Waals surface area contributed by atoms with Crippen LogP contribution in [0.5, 0.6) is 5.75 Å². The first-order chi connectivity index (χ1) is 10.1. The molecule has 6 heteroatoms. The second kappa shape index (κ2) is 7.11. The first-order valence-corrected chi connectivity index (χ1v) is 7.95. The first-order valence-electron chi connectivity index (χ1n) is 6.35. The van der Waals surface area contributed by atoms with E-state index in [1.807, 2.05) is 6.92 Å². The van der Waals surface area contributed by atoms with Crippen LogP contribution >= 0.6 is 35.6 Å². The van der Waals surface area contributed by atoms with Crippen LogP contribution in [0.3, 0.4) is 0 Å². The van der Waals surface area contributed by atoms with Crippen molar-refractivity contribution in [3.8, 4) is 5.75 Å². The molecule has 0 aromatic heterocycles. The number of hydrogen-bond acceptors (Lipinski definition) is 4. The van der Waals surface area contributed by atoms with Crippen LogP contribution in [-0.4, -0.2) is 28.3 Å². The van der Waals surface area contributed by atoms with E-state index in [4.69, 9.17) is 28.6 Å². The number of nitrogens with zero attached hydrogens (tertiary/aromatic N) is 1. The summed E-state index contributed by atoms with van der Waals surface area (Å²) in [5.41, 5.74) is 0.751. The van der Waals surface area contributed by atoms with Crippen LogP contribution in [0.4, 0.5) is 0 Å². The highest BCUT2D eigenvalue weighted by Gasteiger charge is 2.30. The number of benzene rings is 1. The minimum Gasteiger partial charge on any atom is -0.489 e. The zero-order valence-electron chi connectivity index (χ0n) is 11.5. The third-order valence-electron chi connectivity index (χ3n) is 2.80. The number of likely N-dealkylation sites (N-methyl/N-ethyl adjacent to an activating group) is 1. The molecule has 0 atom stereocenters. The largest absolute Gasteiger partial charge is 0.489 e. The molecule has 0 radical (unpaired) electrons. The van der Waals surface area contributed by atoms with Gasteiger partial charge in [-0.25, -0.2) is 0 Å². The van der Waals surface area contributed by atoms with E-state index >= 15 is 0 Å². The summed E-state index contributed by atoms with van der Waals surface area (Å²) in [5, 5.41) is 0.582. The highest BCUT2D eigenvalue weighted by Crippen LogP contribution is 2.34. The van der Waals surface area contributed by atoms with Crippen molar-refractivity contribution in [2.75, 3.05) is 13.2 Å². The monoisotopic (exact) mass is 339 g/mol. The van der Waals surface area contributed by atoms with E-state index in [-0.39, 0.29) is 5.91 Å². The summed E-state index contributed by atoms with van der Waals surface area (Å²) in [6, 6.07) is 5.28. The number of carbonyl (C=O) groups is 1. The quantitative estimate of drug-likeness (QED) is 0.458. The van der Waals surface area contributed by atoms with Crippen LogP contribution < -0.4 is 4.74 Å². The third-order valence-corrected chi connectivity index (χ3v) is 4.42. The minimum atomic E-state index is -0.0813. The van der Waals surface area contributed by atoms with Gasteiger partial charge >= 0.3 is 0 Å². The van der Waals surface area contributed by atoms with Crippen molar-refractivity contribution in [2.45, 2.75) is 6.92 Å². The first kappa shape index (κ1) is 16.1. The molecule has 1 saturated heterocycles. The van der Waals surface area contributed by atoms with Crippen molar-refractivity contribution in [1.29, 1.82) is 0 Å². The molecule has 3 nitrogen and oxygen atoms in total. The molecule has 0 bridgehead atoms. The van der Waals surface area contributed by atoms with E-state index in [2.05, 4.69) is 6.58 Å². The summed E-state index contributed by atoms with van der Waals surface area (Å²) in [7, 11) is 0. The molecule has 0 saturated carbocycles. The van der Waals surface area contributed by atoms with Crippen LogP contribution in [0.15, 0.2) is 35.8 Å². The van der Waals surface area contributed by atoms with Gasteiger partial charge in [0.1, 0.15) is 16.7 Å². The number of thioether (sulfide) groups is 1. The Labute approximate surface area is 138 Å². The fraction of sp³-hybridized carbons (Fsp3) is 0.200. The Hall–Kier alpha value is -1.30. The maximum Gasteiger partial charge on any atom is 0.266 e. The Bertz CT molecular complexity index is 628. The lowest BCUT2D eigenvalue weighted by Gasteiger charge is -2.10. The topological polar surface area (TPSA) is 29.5 Å². The molecular weight excluding hydrogens is 326 g/mol. The lowest BCUT2D eigenvalue weighted by Crippen LogP contribution is -2.27. The summed E-state index contributed by atoms with van der Waals surface area (Å²) in [6.45, 7) is 6.47. The minimum absolute atomic E-state index is 0.0813. The van der Waals surface area contributed by atoms with Gasteiger partial charge in [-0.05, 0) is 31.2 Å². The predicted molar refractivity (Wildman–Crippen MR) is 92.7 cm³/mol. The molecule has 2 rings (SSSR count). The van der Waals surface area contributed by atoms with Gasteiger partial charge in [-0.2, -0.15) is 0 Å². The normalized spacial score (nSPS) is 16.7. The van der Waals surface area contributed by atoms with Crippen molar-refractivity contribution in [1.82, 2.24) is 4.90 Å². The Kier molecular flexibility index (Phi) is 5.45. The second-order valence-electron chi connectivity index (χ2n) is 4.21. The van der Waals surface area contributed by atoms with Crippen molar-refractivity contribution in [3.63, 3.8) is 0 Å². The standard InChI is InChI=1S/C15H14ClNO2S2/c1-3-7-19-12-6-5-11(16)8-10(12)9-13-14(18)17(4-2)15(20)21-13/h3,5-6,8-9H,1,4,7H2,2H3/b13-9+. The molecule has 0 N–H and O–H groups in total. The van der Waals surface area contributed by atoms with E-state index in [1.54, 1.807) is 35.3 Å². The number of hydrogen-bond donors (Lipinski definition) is 0. The van der Waals surface area contributed by atoms with E-state index in [0.717, 1.165) is 5.56 Å². The van der Waals surface area contributed by atoms with Crippen LogP contribution in [-0.2, 0) is 4.79 Å². The molecule has 110 valence electrons. The number of amides is 1. The van der Waals surface area contributed by atoms with Crippen LogP contribution in [0.25, 0.3) is 6.08 Å². The summed E-state index contributed by atoms with van der Waals surface area (Å²) < 4.78 is 6.15. The Morgan fingerprint density at radius 3 is 2.90 bits per heavy atom. The summed E-state index contributed by atoms with van der Waals surface area (Å²) >= 11 is 12.5. The number of thiocarbonyl (C=S) groups is 1. The van der Waals surface area contributed by atoms with Gasteiger partial charge in [0.2, 0.25) is 0 Å². The van der Waals surface area contributed by atoms with Crippen molar-refractivity contribution < 1.29 is 9.53 Å². The van der Waals surface area contributed by atoms with E-state index in [0.29, 0.717) is 33.1 Å². The maximum atomic E-state index is 12.2. The predicted octanol–water partition coefficient (Wildman–Crippen LogP) is 4.13. The van der Waals surface area contributed by atoms with E-state index in [1.165, 1.54) is 11.8 Å². The maximum absolute atomic E-state index is 12.2. The number of ether oxygens (including phenoxy) is 1. The summed E-state index contributed by atoms with van der Waals surface area (Å²) in [5.74, 6) is 0.572. The molecule has 21 heavy (non-hydrogen) atoms. The van der Waals surface area contributed by atoms with Gasteiger partial charge in [-0.3, -0.25) is 9.69 Å². The van der Waals surface area contributed by atoms with Crippen molar-refractivity contribution in [2.24, 2.45) is 0 Å². The summed E-state index contributed by atoms with van der Waals surface area (Å²) in [4.78, 5) is 14.4. The number of halogens is 1. The highest BCUT2D eigenvalue weighted by atomic mass is 35.5. The Balaban J connectivity index is 2.36. The molecule has 1 aromatic rings. The highest BCUT2D eigenvalue weighted by molar-refractivity contribution is 8.26. The number of rotatable bonds is 5. The van der Waals surface area contributed by atoms with Gasteiger partial charge in [0, 0.05) is 17.1 Å². The van der Waals surface area contributed by atoms with Gasteiger partial charge < -0.3 is 4.74 Å². The molecule has 1 aliphatic rings. The van der Waals surface area contributed by atoms with Crippen molar-refractivity contribution in [3.05, 3.63) is 46.3 Å². The Morgan fingerprint density at radius 1 is 1.52 bits per heavy atom. The molecule has 0 unspecified atom stereocenters. The lowest BCUT2D eigenvalue weighted by molar-refractivity contribution is -0.121. The molecule has 0 spiro atoms. The van der Waals surface area contributed by atoms with Gasteiger partial charge in [-0.1, -0.05) is 48.2 Å². The fourth-order valence-corrected chi connectivity index (χ4v) is 3.38. The molecule has 1 aliphatic heterocycles. The van der Waals surface area contributed by atoms with E-state index in [9.17, 15) is 4.79 Å². The van der Waals surface area contributed by atoms with Crippen LogP contribution in [0.2, 0.25) is 5.02 Å². The average Bonchev–Trinajstić information content (AvgIpc) is 2.72. The fourth-order valence-electron chi connectivity index (χ4n) is 1.83. The Morgan fingerprint density at radius 2 is 2.29 bits per heavy atom. The molecule has 1 heterocycles. The second-order valence-corrected chi connectivity index (χ2v) is 6.32. The van der Waals surface area contributed by atoms with Gasteiger partial charge in [0.15, 0.2) is 0 Å². The van der Waals surface area contributed by atoms with Gasteiger partial charge in [-0.15, -0.1) is 0 Å². The van der Waals surface area contributed by atoms with E-state index < -0.39 is 0 Å². The SMILES string of the molecule is C=CCOc1ccc(Cl)cc1/C=C1/SC(=S)N(CC)C1=O. The molecule has 1 aromatic carbocycles. The zero-order valence-corrected chi connectivity index (χ0v) is 13.9. The van der Waals surface area contributed by atoms with Gasteiger partial charge in [0.25, 0.3) is 5.91 Å². The molecule has 0 aliphatic carbocycles. The lowest BCUT2D eigenvalue weighted by atomic mass is 10.2.